The molecule has 2 aromatic carbocycles. The molecule has 26 heavy (non-hydrogen) atoms. The van der Waals surface area contributed by atoms with Gasteiger partial charge in [-0.25, -0.2) is 12.8 Å². The molecule has 0 radical (unpaired) electrons. The Morgan fingerprint density at radius 2 is 1.85 bits per heavy atom. The molecule has 140 valence electrons. The van der Waals surface area contributed by atoms with Gasteiger partial charge in [-0.3, -0.25) is 9.10 Å². The van der Waals surface area contributed by atoms with Crippen LogP contribution in [0.3, 0.4) is 0 Å². The summed E-state index contributed by atoms with van der Waals surface area (Å²) in [7, 11) is -3.71. The molecular formula is C18H20ClFN2O3S. The molecule has 0 aliphatic rings. The van der Waals surface area contributed by atoms with Crippen LogP contribution in [0.15, 0.2) is 42.5 Å². The van der Waals surface area contributed by atoms with E-state index in [4.69, 9.17) is 11.6 Å². The van der Waals surface area contributed by atoms with Crippen LogP contribution in [-0.2, 0) is 14.8 Å². The van der Waals surface area contributed by atoms with Crippen LogP contribution in [0.2, 0.25) is 5.02 Å². The van der Waals surface area contributed by atoms with Gasteiger partial charge in [0, 0.05) is 5.69 Å². The Bertz CT molecular complexity index is 901. The third kappa shape index (κ3) is 4.74. The number of rotatable bonds is 6. The minimum Gasteiger partial charge on any atom is -0.324 e. The van der Waals surface area contributed by atoms with Gasteiger partial charge >= 0.3 is 0 Å². The van der Waals surface area contributed by atoms with Crippen molar-refractivity contribution in [3.8, 4) is 0 Å². The topological polar surface area (TPSA) is 66.5 Å². The standard InChI is InChI=1S/C18H20ClFN2O3S/c1-4-17(18(23)21-13-7-10-16(20)15(19)11-13)22(26(3,24)25)14-8-5-12(2)6-9-14/h5-11,17H,4H2,1-3H3,(H,21,23)/t17-/m1/s1. The molecule has 5 nitrogen and oxygen atoms in total. The second-order valence-electron chi connectivity index (χ2n) is 5.94. The fourth-order valence-electron chi connectivity index (χ4n) is 2.55. The normalized spacial score (nSPS) is 12.5. The van der Waals surface area contributed by atoms with E-state index in [1.54, 1.807) is 31.2 Å². The number of hydrogen-bond acceptors (Lipinski definition) is 3. The van der Waals surface area contributed by atoms with Crippen molar-refractivity contribution in [1.82, 2.24) is 0 Å². The van der Waals surface area contributed by atoms with Crippen molar-refractivity contribution in [2.24, 2.45) is 0 Å². The van der Waals surface area contributed by atoms with Crippen molar-refractivity contribution >= 4 is 38.9 Å². The van der Waals surface area contributed by atoms with Crippen LogP contribution in [0, 0.1) is 12.7 Å². The average molecular weight is 399 g/mol. The highest BCUT2D eigenvalue weighted by molar-refractivity contribution is 7.92. The maximum atomic E-state index is 13.3. The van der Waals surface area contributed by atoms with E-state index >= 15 is 0 Å². The lowest BCUT2D eigenvalue weighted by molar-refractivity contribution is -0.117. The van der Waals surface area contributed by atoms with Crippen molar-refractivity contribution in [3.05, 3.63) is 58.9 Å². The van der Waals surface area contributed by atoms with E-state index < -0.39 is 27.8 Å². The van der Waals surface area contributed by atoms with Crippen molar-refractivity contribution in [2.75, 3.05) is 15.9 Å². The van der Waals surface area contributed by atoms with Gasteiger partial charge in [0.05, 0.1) is 17.0 Å². The van der Waals surface area contributed by atoms with Crippen LogP contribution in [-0.4, -0.2) is 26.6 Å². The minimum absolute atomic E-state index is 0.130. The zero-order valence-electron chi connectivity index (χ0n) is 14.7. The van der Waals surface area contributed by atoms with Crippen LogP contribution in [0.4, 0.5) is 15.8 Å². The first-order valence-corrected chi connectivity index (χ1v) is 10.2. The van der Waals surface area contributed by atoms with Gasteiger partial charge in [-0.2, -0.15) is 0 Å². The minimum atomic E-state index is -3.71. The Morgan fingerprint density at radius 3 is 2.35 bits per heavy atom. The Hall–Kier alpha value is -2.12. The van der Waals surface area contributed by atoms with Crippen molar-refractivity contribution < 1.29 is 17.6 Å². The average Bonchev–Trinajstić information content (AvgIpc) is 2.56. The number of benzene rings is 2. The largest absolute Gasteiger partial charge is 0.324 e. The molecule has 2 aromatic rings. The van der Waals surface area contributed by atoms with E-state index in [0.29, 0.717) is 5.69 Å². The third-order valence-electron chi connectivity index (χ3n) is 3.81. The smallest absolute Gasteiger partial charge is 0.248 e. The van der Waals surface area contributed by atoms with Gasteiger partial charge in [-0.05, 0) is 43.7 Å². The molecule has 0 bridgehead atoms. The quantitative estimate of drug-likeness (QED) is 0.800. The predicted octanol–water partition coefficient (Wildman–Crippen LogP) is 3.97. The van der Waals surface area contributed by atoms with Gasteiger partial charge in [0.15, 0.2) is 0 Å². The maximum Gasteiger partial charge on any atom is 0.248 e. The zero-order chi connectivity index (χ0) is 19.5. The van der Waals surface area contributed by atoms with Gasteiger partial charge in [-0.15, -0.1) is 0 Å². The summed E-state index contributed by atoms with van der Waals surface area (Å²) in [6.45, 7) is 3.60. The number of halogens is 2. The predicted molar refractivity (Wildman–Crippen MR) is 103 cm³/mol. The second-order valence-corrected chi connectivity index (χ2v) is 8.20. The number of carbonyl (C=O) groups is 1. The molecule has 0 saturated carbocycles. The highest BCUT2D eigenvalue weighted by Gasteiger charge is 2.31. The molecule has 0 heterocycles. The number of nitrogens with one attached hydrogen (secondary N) is 1. The number of sulfonamides is 1. The Labute approximate surface area is 157 Å². The molecule has 0 unspecified atom stereocenters. The summed E-state index contributed by atoms with van der Waals surface area (Å²) < 4.78 is 39.1. The lowest BCUT2D eigenvalue weighted by Gasteiger charge is -2.30. The first-order valence-electron chi connectivity index (χ1n) is 7.95. The highest BCUT2D eigenvalue weighted by atomic mass is 35.5. The molecular weight excluding hydrogens is 379 g/mol. The van der Waals surface area contributed by atoms with Crippen molar-refractivity contribution in [2.45, 2.75) is 26.3 Å². The molecule has 0 saturated heterocycles. The molecule has 0 aromatic heterocycles. The number of amides is 1. The lowest BCUT2D eigenvalue weighted by atomic mass is 10.1. The van der Waals surface area contributed by atoms with E-state index in [1.165, 1.54) is 12.1 Å². The Morgan fingerprint density at radius 1 is 1.23 bits per heavy atom. The zero-order valence-corrected chi connectivity index (χ0v) is 16.2. The number of carbonyl (C=O) groups excluding carboxylic acids is 1. The van der Waals surface area contributed by atoms with Crippen LogP contribution in [0.1, 0.15) is 18.9 Å². The highest BCUT2D eigenvalue weighted by Crippen LogP contribution is 2.25. The van der Waals surface area contributed by atoms with Gasteiger partial charge in [0.2, 0.25) is 15.9 Å². The number of anilines is 2. The van der Waals surface area contributed by atoms with Crippen LogP contribution in [0.5, 0.6) is 0 Å². The molecule has 8 heteroatoms. The van der Waals surface area contributed by atoms with Crippen LogP contribution >= 0.6 is 11.6 Å². The molecule has 0 aliphatic heterocycles. The molecule has 0 spiro atoms. The number of hydrogen-bond donors (Lipinski definition) is 1. The van der Waals surface area contributed by atoms with Crippen LogP contribution in [0.25, 0.3) is 0 Å². The second kappa shape index (κ2) is 8.05. The number of aryl methyl sites for hydroxylation is 1. The van der Waals surface area contributed by atoms with Gasteiger partial charge < -0.3 is 5.32 Å². The Kier molecular flexibility index (Phi) is 6.26. The summed E-state index contributed by atoms with van der Waals surface area (Å²) in [5.74, 6) is -1.13. The van der Waals surface area contributed by atoms with Crippen LogP contribution < -0.4 is 9.62 Å². The van der Waals surface area contributed by atoms with Gasteiger partial charge in [-0.1, -0.05) is 36.2 Å². The molecule has 0 aliphatic carbocycles. The van der Waals surface area contributed by atoms with E-state index in [9.17, 15) is 17.6 Å². The fourth-order valence-corrected chi connectivity index (χ4v) is 3.94. The Balaban J connectivity index is 2.36. The summed E-state index contributed by atoms with van der Waals surface area (Å²) in [4.78, 5) is 12.7. The first-order chi connectivity index (χ1) is 12.1. The fraction of sp³-hybridized carbons (Fsp3) is 0.278. The molecule has 2 rings (SSSR count). The van der Waals surface area contributed by atoms with Crippen molar-refractivity contribution in [3.63, 3.8) is 0 Å². The molecule has 0 fully saturated rings. The van der Waals surface area contributed by atoms with Gasteiger partial charge in [0.1, 0.15) is 11.9 Å². The van der Waals surface area contributed by atoms with E-state index in [1.807, 2.05) is 6.92 Å². The van der Waals surface area contributed by atoms with Crippen molar-refractivity contribution in [1.29, 1.82) is 0 Å². The SMILES string of the molecule is CC[C@H](C(=O)Nc1ccc(F)c(Cl)c1)N(c1ccc(C)cc1)S(C)(=O)=O. The molecule has 1 atom stereocenters. The van der Waals surface area contributed by atoms with E-state index in [0.717, 1.165) is 22.2 Å². The summed E-state index contributed by atoms with van der Waals surface area (Å²) in [6.07, 6.45) is 1.30. The molecule has 1 N–H and O–H groups in total. The van der Waals surface area contributed by atoms with E-state index in [-0.39, 0.29) is 17.1 Å². The summed E-state index contributed by atoms with van der Waals surface area (Å²) in [6, 6.07) is 9.67. The van der Waals surface area contributed by atoms with E-state index in [2.05, 4.69) is 5.32 Å². The summed E-state index contributed by atoms with van der Waals surface area (Å²) in [5.41, 5.74) is 1.66. The maximum absolute atomic E-state index is 13.3. The summed E-state index contributed by atoms with van der Waals surface area (Å²) in [5, 5.41) is 2.47. The number of nitrogens with zero attached hydrogens (tertiary/aromatic N) is 1. The molecule has 1 amide bonds. The third-order valence-corrected chi connectivity index (χ3v) is 5.27. The first kappa shape index (κ1) is 20.2. The van der Waals surface area contributed by atoms with Gasteiger partial charge in [0.25, 0.3) is 0 Å². The monoisotopic (exact) mass is 398 g/mol. The lowest BCUT2D eigenvalue weighted by Crippen LogP contribution is -2.47. The summed E-state index contributed by atoms with van der Waals surface area (Å²) >= 11 is 5.72.